The molecule has 1 aliphatic heterocycles. The molecule has 2 aromatic carbocycles. The van der Waals surface area contributed by atoms with E-state index >= 15 is 0 Å². The van der Waals surface area contributed by atoms with Crippen LogP contribution in [0, 0.1) is 11.7 Å². The largest absolute Gasteiger partial charge is 0.312 e. The highest BCUT2D eigenvalue weighted by molar-refractivity contribution is 6.30. The van der Waals surface area contributed by atoms with Crippen molar-refractivity contribution in [3.8, 4) is 0 Å². The van der Waals surface area contributed by atoms with Gasteiger partial charge in [0, 0.05) is 23.7 Å². The van der Waals surface area contributed by atoms with Gasteiger partial charge < -0.3 is 4.90 Å². The fourth-order valence-corrected chi connectivity index (χ4v) is 2.69. The van der Waals surface area contributed by atoms with Crippen LogP contribution >= 0.6 is 11.6 Å². The van der Waals surface area contributed by atoms with Crippen molar-refractivity contribution in [2.75, 3.05) is 11.4 Å². The highest BCUT2D eigenvalue weighted by Crippen LogP contribution is 2.26. The highest BCUT2D eigenvalue weighted by atomic mass is 35.5. The molecule has 1 N–H and O–H groups in total. The molecule has 0 radical (unpaired) electrons. The van der Waals surface area contributed by atoms with Crippen molar-refractivity contribution in [3.63, 3.8) is 0 Å². The van der Waals surface area contributed by atoms with Gasteiger partial charge in [0.05, 0.1) is 12.1 Å². The molecule has 1 saturated heterocycles. The van der Waals surface area contributed by atoms with Crippen LogP contribution in [-0.2, 0) is 9.59 Å². The van der Waals surface area contributed by atoms with Crippen molar-refractivity contribution in [3.05, 3.63) is 64.9 Å². The first kappa shape index (κ1) is 17.1. The van der Waals surface area contributed by atoms with E-state index in [1.54, 1.807) is 41.3 Å². The van der Waals surface area contributed by atoms with Crippen LogP contribution in [-0.4, -0.2) is 24.6 Å². The number of amides is 2. The molecule has 0 aromatic heterocycles. The van der Waals surface area contributed by atoms with E-state index in [0.717, 1.165) is 0 Å². The predicted molar refractivity (Wildman–Crippen MR) is 94.0 cm³/mol. The first-order chi connectivity index (χ1) is 12.0. The summed E-state index contributed by atoms with van der Waals surface area (Å²) in [7, 11) is 0. The molecule has 1 aliphatic rings. The van der Waals surface area contributed by atoms with Gasteiger partial charge in [-0.1, -0.05) is 23.7 Å². The Kier molecular flexibility index (Phi) is 5.09. The van der Waals surface area contributed by atoms with Gasteiger partial charge in [-0.05, 0) is 42.0 Å². The molecule has 25 heavy (non-hydrogen) atoms. The molecule has 2 amide bonds. The number of hydrogen-bond acceptors (Lipinski definition) is 3. The molecule has 3 rings (SSSR count). The van der Waals surface area contributed by atoms with Crippen molar-refractivity contribution in [2.45, 2.75) is 6.42 Å². The number of benzene rings is 2. The summed E-state index contributed by atoms with van der Waals surface area (Å²) in [5.41, 5.74) is 3.79. The third-order valence-corrected chi connectivity index (χ3v) is 4.14. The van der Waals surface area contributed by atoms with E-state index in [2.05, 4.69) is 10.5 Å². The fourth-order valence-electron chi connectivity index (χ4n) is 2.56. The summed E-state index contributed by atoms with van der Waals surface area (Å²) in [4.78, 5) is 25.9. The first-order valence-corrected chi connectivity index (χ1v) is 8.05. The van der Waals surface area contributed by atoms with Crippen LogP contribution in [0.4, 0.5) is 10.1 Å². The molecule has 0 spiro atoms. The van der Waals surface area contributed by atoms with E-state index in [1.807, 2.05) is 0 Å². The van der Waals surface area contributed by atoms with Crippen LogP contribution in [0.3, 0.4) is 0 Å². The number of nitrogens with zero attached hydrogens (tertiary/aromatic N) is 2. The molecule has 5 nitrogen and oxygen atoms in total. The lowest BCUT2D eigenvalue weighted by Gasteiger charge is -2.16. The predicted octanol–water partition coefficient (Wildman–Crippen LogP) is 2.98. The zero-order chi connectivity index (χ0) is 17.8. The van der Waals surface area contributed by atoms with Crippen molar-refractivity contribution < 1.29 is 14.0 Å². The highest BCUT2D eigenvalue weighted by Gasteiger charge is 2.35. The molecular weight excluding hydrogens is 345 g/mol. The maximum Gasteiger partial charge on any atom is 0.245 e. The summed E-state index contributed by atoms with van der Waals surface area (Å²) in [6, 6.07) is 12.6. The maximum absolute atomic E-state index is 12.8. The number of halogens is 2. The number of anilines is 1. The molecule has 0 bridgehead atoms. The number of rotatable bonds is 4. The summed E-state index contributed by atoms with van der Waals surface area (Å²) in [6.07, 6.45) is 1.55. The number of carbonyl (C=O) groups excluding carboxylic acids is 2. The van der Waals surface area contributed by atoms with Crippen molar-refractivity contribution in [1.29, 1.82) is 0 Å². The Morgan fingerprint density at radius 3 is 2.56 bits per heavy atom. The minimum atomic E-state index is -0.478. The zero-order valence-electron chi connectivity index (χ0n) is 13.2. The van der Waals surface area contributed by atoms with Gasteiger partial charge in [-0.2, -0.15) is 5.10 Å². The van der Waals surface area contributed by atoms with Crippen LogP contribution in [0.2, 0.25) is 5.02 Å². The zero-order valence-corrected chi connectivity index (χ0v) is 13.9. The van der Waals surface area contributed by atoms with Gasteiger partial charge in [0.15, 0.2) is 0 Å². The van der Waals surface area contributed by atoms with E-state index in [4.69, 9.17) is 11.6 Å². The third kappa shape index (κ3) is 4.22. The molecule has 1 atom stereocenters. The normalized spacial score (nSPS) is 17.3. The van der Waals surface area contributed by atoms with E-state index in [-0.39, 0.29) is 24.1 Å². The van der Waals surface area contributed by atoms with Crippen LogP contribution in [0.5, 0.6) is 0 Å². The Morgan fingerprint density at radius 2 is 1.88 bits per heavy atom. The van der Waals surface area contributed by atoms with Gasteiger partial charge in [0.1, 0.15) is 5.82 Å². The minimum absolute atomic E-state index is 0.120. The molecule has 7 heteroatoms. The summed E-state index contributed by atoms with van der Waals surface area (Å²) < 4.78 is 12.8. The van der Waals surface area contributed by atoms with E-state index in [1.165, 1.54) is 18.3 Å². The first-order valence-electron chi connectivity index (χ1n) is 7.67. The Bertz CT molecular complexity index is 806. The molecule has 1 fully saturated rings. The van der Waals surface area contributed by atoms with Crippen LogP contribution in [0.1, 0.15) is 12.0 Å². The van der Waals surface area contributed by atoms with Gasteiger partial charge >= 0.3 is 0 Å². The standard InChI is InChI=1S/C18H15ClFN3O2/c19-14-3-7-16(8-4-14)23-11-13(9-17(23)24)18(25)22-21-10-12-1-5-15(20)6-2-12/h1-8,10,13H,9,11H2,(H,22,25)/b21-10+. The SMILES string of the molecule is O=C(N/N=C/c1ccc(F)cc1)C1CC(=O)N(c2ccc(Cl)cc2)C1. The summed E-state index contributed by atoms with van der Waals surface area (Å²) in [5, 5.41) is 4.44. The number of hydrazone groups is 1. The second-order valence-corrected chi connectivity index (χ2v) is 6.10. The molecule has 1 heterocycles. The fraction of sp³-hybridized carbons (Fsp3) is 0.167. The monoisotopic (exact) mass is 359 g/mol. The average Bonchev–Trinajstić information content (AvgIpc) is 2.99. The quantitative estimate of drug-likeness (QED) is 0.674. The van der Waals surface area contributed by atoms with E-state index in [9.17, 15) is 14.0 Å². The second kappa shape index (κ2) is 7.44. The van der Waals surface area contributed by atoms with Crippen LogP contribution in [0.25, 0.3) is 0 Å². The minimum Gasteiger partial charge on any atom is -0.312 e. The lowest BCUT2D eigenvalue weighted by atomic mass is 10.1. The maximum atomic E-state index is 12.8. The molecule has 128 valence electrons. The van der Waals surface area contributed by atoms with Gasteiger partial charge in [-0.25, -0.2) is 9.82 Å². The van der Waals surface area contributed by atoms with Gasteiger partial charge in [0.25, 0.3) is 0 Å². The van der Waals surface area contributed by atoms with E-state index < -0.39 is 5.92 Å². The number of carbonyl (C=O) groups is 2. The second-order valence-electron chi connectivity index (χ2n) is 5.67. The summed E-state index contributed by atoms with van der Waals surface area (Å²) in [6.45, 7) is 0.290. The summed E-state index contributed by atoms with van der Waals surface area (Å²) in [5.74, 6) is -1.27. The summed E-state index contributed by atoms with van der Waals surface area (Å²) >= 11 is 5.85. The Balaban J connectivity index is 1.59. The Labute approximate surface area is 149 Å². The van der Waals surface area contributed by atoms with Crippen molar-refractivity contribution in [1.82, 2.24) is 5.43 Å². The molecule has 0 aliphatic carbocycles. The third-order valence-electron chi connectivity index (χ3n) is 3.89. The van der Waals surface area contributed by atoms with Crippen molar-refractivity contribution in [2.24, 2.45) is 11.0 Å². The molecule has 0 saturated carbocycles. The lowest BCUT2D eigenvalue weighted by Crippen LogP contribution is -2.30. The number of hydrogen-bond donors (Lipinski definition) is 1. The van der Waals surface area contributed by atoms with Gasteiger partial charge in [-0.15, -0.1) is 0 Å². The topological polar surface area (TPSA) is 61.8 Å². The van der Waals surface area contributed by atoms with Crippen LogP contribution in [0.15, 0.2) is 53.6 Å². The smallest absolute Gasteiger partial charge is 0.245 e. The van der Waals surface area contributed by atoms with Crippen LogP contribution < -0.4 is 10.3 Å². The van der Waals surface area contributed by atoms with Gasteiger partial charge in [-0.3, -0.25) is 9.59 Å². The Hall–Kier alpha value is -2.73. The molecule has 1 unspecified atom stereocenters. The Morgan fingerprint density at radius 1 is 1.20 bits per heavy atom. The van der Waals surface area contributed by atoms with Gasteiger partial charge in [0.2, 0.25) is 11.8 Å². The molecular formula is C18H15ClFN3O2. The van der Waals surface area contributed by atoms with E-state index in [0.29, 0.717) is 22.8 Å². The average molecular weight is 360 g/mol. The lowest BCUT2D eigenvalue weighted by molar-refractivity contribution is -0.126. The number of nitrogens with one attached hydrogen (secondary N) is 1. The van der Waals surface area contributed by atoms with Crippen molar-refractivity contribution >= 4 is 35.3 Å². The molecule has 2 aromatic rings.